The Bertz CT molecular complexity index is 701. The van der Waals surface area contributed by atoms with Gasteiger partial charge in [-0.1, -0.05) is 32.2 Å². The van der Waals surface area contributed by atoms with Crippen LogP contribution in [0.15, 0.2) is 12.1 Å². The number of nitrogens with one attached hydrogen (secondary N) is 1. The molecule has 0 amide bonds. The first-order valence-corrected chi connectivity index (χ1v) is 15.9. The summed E-state index contributed by atoms with van der Waals surface area (Å²) in [5.74, 6) is 2.34. The van der Waals surface area contributed by atoms with Gasteiger partial charge in [0.2, 0.25) is 0 Å². The van der Waals surface area contributed by atoms with Crippen LogP contribution in [0.5, 0.6) is 0 Å². The van der Waals surface area contributed by atoms with Gasteiger partial charge >= 0.3 is 66.9 Å². The van der Waals surface area contributed by atoms with E-state index in [9.17, 15) is 4.70 Å². The van der Waals surface area contributed by atoms with Crippen molar-refractivity contribution in [2.45, 2.75) is 105 Å². The number of unbranched alkanes of at least 4 members (excludes halogenated alkanes) is 1. The molecule has 3 aliphatic rings. The topological polar surface area (TPSA) is 35.6 Å². The van der Waals surface area contributed by atoms with Crippen molar-refractivity contribution in [3.63, 3.8) is 0 Å². The number of aryl methyl sites for hydroxylation is 3. The Kier molecular flexibility index (Phi) is 16.2. The number of benzene rings is 1. The molecule has 204 valence electrons. The van der Waals surface area contributed by atoms with E-state index in [0.29, 0.717) is 0 Å². The molecule has 4 nitrogen and oxygen atoms in total. The summed E-state index contributed by atoms with van der Waals surface area (Å²) in [5, 5.41) is 3.61. The number of piperidine rings is 1. The van der Waals surface area contributed by atoms with Gasteiger partial charge in [-0.05, 0) is 89.9 Å². The third-order valence-electron chi connectivity index (χ3n) is 7.86. The molecule has 1 aromatic rings. The number of hydrogen-bond donors (Lipinski definition) is 1. The molecule has 1 atom stereocenters. The third-order valence-corrected chi connectivity index (χ3v) is 9.07. The Morgan fingerprint density at radius 2 is 1.58 bits per heavy atom. The van der Waals surface area contributed by atoms with Crippen LogP contribution in [0.4, 0.5) is 0 Å². The maximum atomic E-state index is 10.6. The monoisotopic (exact) mass is 515 g/mol. The van der Waals surface area contributed by atoms with Crippen molar-refractivity contribution in [2.75, 3.05) is 45.0 Å². The van der Waals surface area contributed by atoms with Gasteiger partial charge < -0.3 is 10.2 Å². The third kappa shape index (κ3) is 11.8. The van der Waals surface area contributed by atoms with Gasteiger partial charge in [0.1, 0.15) is 0 Å². The minimum absolute atomic E-state index is 0.829. The van der Waals surface area contributed by atoms with Crippen LogP contribution >= 0.6 is 11.9 Å². The molecule has 0 radical (unpaired) electrons. The SMILES string of the molecule is C(CCC1CCCN1)CSN1CCC(CCN2CCCC2)CC1.CC.Cc1cc(C)c(B=O)c(C)c1. The molecule has 3 saturated heterocycles. The zero-order chi connectivity index (χ0) is 26.2. The normalized spacial score (nSPS) is 20.9. The van der Waals surface area contributed by atoms with E-state index in [-0.39, 0.29) is 0 Å². The predicted molar refractivity (Wildman–Crippen MR) is 160 cm³/mol. The molecule has 3 heterocycles. The van der Waals surface area contributed by atoms with Crippen LogP contribution in [-0.4, -0.2) is 67.4 Å². The van der Waals surface area contributed by atoms with Crippen LogP contribution < -0.4 is 10.8 Å². The van der Waals surface area contributed by atoms with E-state index in [1.807, 2.05) is 46.8 Å². The van der Waals surface area contributed by atoms with Gasteiger partial charge in [0.05, 0.1) is 0 Å². The molecule has 3 fully saturated rings. The fourth-order valence-corrected chi connectivity index (χ4v) is 6.83. The second-order valence-corrected chi connectivity index (χ2v) is 11.9. The molecule has 1 unspecified atom stereocenters. The molecule has 1 aromatic carbocycles. The van der Waals surface area contributed by atoms with Crippen LogP contribution in [0, 0.1) is 26.7 Å². The molecular formula is C30H54BN3OS. The Morgan fingerprint density at radius 3 is 2.17 bits per heavy atom. The molecule has 0 aliphatic carbocycles. The van der Waals surface area contributed by atoms with E-state index in [1.165, 1.54) is 115 Å². The molecule has 0 spiro atoms. The Morgan fingerprint density at radius 1 is 0.917 bits per heavy atom. The zero-order valence-electron chi connectivity index (χ0n) is 24.1. The minimum atomic E-state index is 0.829. The first-order valence-electron chi connectivity index (χ1n) is 14.9. The summed E-state index contributed by atoms with van der Waals surface area (Å²) in [6, 6.07) is 4.89. The second kappa shape index (κ2) is 18.5. The summed E-state index contributed by atoms with van der Waals surface area (Å²) in [5.41, 5.74) is 4.18. The summed E-state index contributed by atoms with van der Waals surface area (Å²) in [4.78, 5) is 2.68. The van der Waals surface area contributed by atoms with Crippen LogP contribution in [0.3, 0.4) is 0 Å². The van der Waals surface area contributed by atoms with Crippen molar-refractivity contribution >= 4 is 24.6 Å². The molecule has 0 bridgehead atoms. The first kappa shape index (κ1) is 31.5. The summed E-state index contributed by atoms with van der Waals surface area (Å²) in [6.45, 7) is 18.0. The van der Waals surface area contributed by atoms with Gasteiger partial charge in [0, 0.05) is 24.9 Å². The first-order chi connectivity index (χ1) is 17.5. The van der Waals surface area contributed by atoms with E-state index >= 15 is 0 Å². The molecule has 0 saturated carbocycles. The summed E-state index contributed by atoms with van der Waals surface area (Å²) in [7, 11) is 0.921. The van der Waals surface area contributed by atoms with E-state index in [0.717, 1.165) is 35.7 Å². The number of rotatable bonds is 10. The quantitative estimate of drug-likeness (QED) is 0.233. The summed E-state index contributed by atoms with van der Waals surface area (Å²) >= 11 is 2.13. The average molecular weight is 516 g/mol. The van der Waals surface area contributed by atoms with E-state index in [2.05, 4.69) is 26.5 Å². The Hall–Kier alpha value is -0.685. The van der Waals surface area contributed by atoms with E-state index < -0.39 is 0 Å². The van der Waals surface area contributed by atoms with Gasteiger partial charge in [-0.3, -0.25) is 4.31 Å². The zero-order valence-corrected chi connectivity index (χ0v) is 24.9. The molecule has 1 N–H and O–H groups in total. The fraction of sp³-hybridized carbons (Fsp3) is 0.800. The van der Waals surface area contributed by atoms with Crippen molar-refractivity contribution < 1.29 is 4.70 Å². The van der Waals surface area contributed by atoms with Gasteiger partial charge in [-0.25, -0.2) is 0 Å². The van der Waals surface area contributed by atoms with Gasteiger partial charge in [0.25, 0.3) is 0 Å². The van der Waals surface area contributed by atoms with Crippen molar-refractivity contribution in [3.05, 3.63) is 28.8 Å². The fourth-order valence-electron chi connectivity index (χ4n) is 5.77. The molecule has 36 heavy (non-hydrogen) atoms. The predicted octanol–water partition coefficient (Wildman–Crippen LogP) is 6.07. The molecular weight excluding hydrogens is 461 g/mol. The molecule has 4 rings (SSSR count). The second-order valence-electron chi connectivity index (χ2n) is 10.8. The van der Waals surface area contributed by atoms with Crippen LogP contribution in [-0.2, 0) is 4.70 Å². The van der Waals surface area contributed by atoms with E-state index in [1.54, 1.807) is 0 Å². The van der Waals surface area contributed by atoms with E-state index in [4.69, 9.17) is 0 Å². The van der Waals surface area contributed by atoms with Crippen molar-refractivity contribution in [2.24, 2.45) is 5.92 Å². The molecule has 3 aliphatic heterocycles. The van der Waals surface area contributed by atoms with Crippen molar-refractivity contribution in [1.82, 2.24) is 14.5 Å². The number of likely N-dealkylation sites (tertiary alicyclic amines) is 1. The van der Waals surface area contributed by atoms with Gasteiger partial charge in [-0.15, -0.1) is 0 Å². The summed E-state index contributed by atoms with van der Waals surface area (Å²) < 4.78 is 13.2. The van der Waals surface area contributed by atoms with Crippen molar-refractivity contribution in [3.8, 4) is 0 Å². The Labute approximate surface area is 228 Å². The van der Waals surface area contributed by atoms with Gasteiger partial charge in [-0.2, -0.15) is 0 Å². The molecule has 6 heteroatoms. The Balaban J connectivity index is 0.000000295. The van der Waals surface area contributed by atoms with Gasteiger partial charge in [0.15, 0.2) is 0 Å². The van der Waals surface area contributed by atoms with Crippen LogP contribution in [0.1, 0.15) is 94.7 Å². The average Bonchev–Trinajstić information content (AvgIpc) is 3.59. The number of hydrogen-bond acceptors (Lipinski definition) is 5. The summed E-state index contributed by atoms with van der Waals surface area (Å²) in [6.07, 6.45) is 14.2. The van der Waals surface area contributed by atoms with Crippen LogP contribution in [0.2, 0.25) is 0 Å². The molecule has 0 aromatic heterocycles. The maximum absolute atomic E-state index is 10.6. The standard InChI is InChI=1S/C19H37N3S.C9H11BO.C2H6/c1(6-19-7-5-11-20-19)4-17-23-22-15-9-18(10-16-22)8-14-21-12-2-3-13-21;1-6-4-7(2)9(10-11)8(3)5-6;1-2/h18-20H,1-17H2;4-5H,1-3H3;1-2H3. The van der Waals surface area contributed by atoms with Crippen molar-refractivity contribution in [1.29, 1.82) is 0 Å². The number of nitrogens with zero attached hydrogens (tertiary/aromatic N) is 2. The van der Waals surface area contributed by atoms with Crippen LogP contribution in [0.25, 0.3) is 0 Å².